The Balaban J connectivity index is 1.89. The van der Waals surface area contributed by atoms with Crippen LogP contribution >= 0.6 is 0 Å². The topological polar surface area (TPSA) is 156 Å². The first-order valence-corrected chi connectivity index (χ1v) is 9.78. The summed E-state index contributed by atoms with van der Waals surface area (Å²) in [5, 5.41) is 32.0. The summed E-state index contributed by atoms with van der Waals surface area (Å²) in [5.41, 5.74) is 8.49. The van der Waals surface area contributed by atoms with Crippen LogP contribution in [0.3, 0.4) is 0 Å². The fourth-order valence-electron chi connectivity index (χ4n) is 4.23. The first kappa shape index (κ1) is 20.7. The van der Waals surface area contributed by atoms with Crippen LogP contribution in [-0.2, 0) is 4.79 Å². The van der Waals surface area contributed by atoms with Gasteiger partial charge in [-0.1, -0.05) is 12.1 Å². The average Bonchev–Trinajstić information content (AvgIpc) is 2.78. The number of nitro benzene ring substituents is 2. The molecule has 0 unspecified atom stereocenters. The molecule has 1 aliphatic carbocycles. The maximum absolute atomic E-state index is 13.0. The number of carbonyl (C=O) groups is 1. The van der Waals surface area contributed by atoms with Gasteiger partial charge in [-0.15, -0.1) is 0 Å². The molecule has 2 aromatic carbocycles. The van der Waals surface area contributed by atoms with Crippen LogP contribution in [0.15, 0.2) is 71.2 Å². The Labute approximate surface area is 182 Å². The molecule has 2 aliphatic rings. The third kappa shape index (κ3) is 3.35. The van der Waals surface area contributed by atoms with E-state index >= 15 is 0 Å². The van der Waals surface area contributed by atoms with Gasteiger partial charge < -0.3 is 5.73 Å². The molecule has 10 nitrogen and oxygen atoms in total. The number of non-ortho nitro benzene ring substituents is 2. The molecule has 1 atom stereocenters. The maximum atomic E-state index is 13.0. The molecule has 160 valence electrons. The number of carbonyl (C=O) groups excluding carboxylic acids is 1. The Bertz CT molecular complexity index is 1240. The number of anilines is 1. The Hall–Kier alpha value is -4.52. The number of rotatable bonds is 4. The Morgan fingerprint density at radius 2 is 1.53 bits per heavy atom. The van der Waals surface area contributed by atoms with Gasteiger partial charge in [0.2, 0.25) is 0 Å². The highest BCUT2D eigenvalue weighted by molar-refractivity contribution is 6.01. The van der Waals surface area contributed by atoms with Crippen molar-refractivity contribution in [2.45, 2.75) is 25.2 Å². The number of nitro groups is 2. The van der Waals surface area contributed by atoms with Crippen LogP contribution in [0.2, 0.25) is 0 Å². The van der Waals surface area contributed by atoms with Crippen molar-refractivity contribution in [1.29, 1.82) is 5.26 Å². The quantitative estimate of drug-likeness (QED) is 0.565. The van der Waals surface area contributed by atoms with Crippen molar-refractivity contribution >= 4 is 22.8 Å². The van der Waals surface area contributed by atoms with Crippen molar-refractivity contribution in [2.75, 3.05) is 4.90 Å². The Kier molecular flexibility index (Phi) is 5.16. The molecule has 0 saturated heterocycles. The van der Waals surface area contributed by atoms with Crippen molar-refractivity contribution in [2.24, 2.45) is 5.73 Å². The zero-order valence-electron chi connectivity index (χ0n) is 16.7. The lowest BCUT2D eigenvalue weighted by atomic mass is 9.75. The molecule has 4 rings (SSSR count). The second-order valence-corrected chi connectivity index (χ2v) is 7.44. The van der Waals surface area contributed by atoms with E-state index in [0.29, 0.717) is 41.8 Å². The van der Waals surface area contributed by atoms with E-state index in [0.717, 1.165) is 0 Å². The van der Waals surface area contributed by atoms with Gasteiger partial charge in [-0.3, -0.25) is 29.9 Å². The summed E-state index contributed by atoms with van der Waals surface area (Å²) in [6.45, 7) is 0. The molecule has 0 saturated carbocycles. The number of Topliss-reactive ketones (excluding diaryl/α,β-unsaturated/α-hetero) is 1. The largest absolute Gasteiger partial charge is 0.384 e. The lowest BCUT2D eigenvalue weighted by Gasteiger charge is -2.39. The highest BCUT2D eigenvalue weighted by Gasteiger charge is 2.40. The van der Waals surface area contributed by atoms with Crippen LogP contribution in [-0.4, -0.2) is 15.6 Å². The SMILES string of the molecule is N#CC1=C(N)N(c2ccc([N+](=O)[O-])cc2)C2=C(C(=O)CCC2)[C@@H]1c1ccc([N+](=O)[O-])cc1. The van der Waals surface area contributed by atoms with E-state index < -0.39 is 15.8 Å². The highest BCUT2D eigenvalue weighted by Crippen LogP contribution is 2.46. The average molecular weight is 431 g/mol. The van der Waals surface area contributed by atoms with Crippen LogP contribution in [0.5, 0.6) is 0 Å². The molecular weight excluding hydrogens is 414 g/mol. The van der Waals surface area contributed by atoms with Gasteiger partial charge >= 0.3 is 0 Å². The fourth-order valence-corrected chi connectivity index (χ4v) is 4.23. The van der Waals surface area contributed by atoms with Gasteiger partial charge in [0.15, 0.2) is 5.78 Å². The Morgan fingerprint density at radius 1 is 0.969 bits per heavy atom. The van der Waals surface area contributed by atoms with Crippen LogP contribution < -0.4 is 10.6 Å². The summed E-state index contributed by atoms with van der Waals surface area (Å²) in [4.78, 5) is 35.6. The third-order valence-electron chi connectivity index (χ3n) is 5.67. The first-order valence-electron chi connectivity index (χ1n) is 9.78. The summed E-state index contributed by atoms with van der Waals surface area (Å²) >= 11 is 0. The third-order valence-corrected chi connectivity index (χ3v) is 5.67. The van der Waals surface area contributed by atoms with E-state index in [1.165, 1.54) is 48.5 Å². The Morgan fingerprint density at radius 3 is 2.06 bits per heavy atom. The van der Waals surface area contributed by atoms with Gasteiger partial charge in [-0.05, 0) is 30.5 Å². The van der Waals surface area contributed by atoms with Gasteiger partial charge in [0.1, 0.15) is 5.82 Å². The molecule has 10 heteroatoms. The van der Waals surface area contributed by atoms with E-state index in [9.17, 15) is 30.3 Å². The molecule has 0 amide bonds. The molecule has 0 radical (unpaired) electrons. The van der Waals surface area contributed by atoms with Crippen LogP contribution in [0.1, 0.15) is 30.7 Å². The van der Waals surface area contributed by atoms with Gasteiger partial charge in [-0.25, -0.2) is 0 Å². The molecular formula is C22H17N5O5. The molecule has 32 heavy (non-hydrogen) atoms. The number of hydrogen-bond donors (Lipinski definition) is 1. The van der Waals surface area contributed by atoms with Crippen LogP contribution in [0.4, 0.5) is 17.1 Å². The monoisotopic (exact) mass is 431 g/mol. The number of hydrogen-bond acceptors (Lipinski definition) is 8. The van der Waals surface area contributed by atoms with Crippen molar-refractivity contribution in [3.8, 4) is 6.07 Å². The molecule has 0 fully saturated rings. The predicted molar refractivity (Wildman–Crippen MR) is 114 cm³/mol. The lowest BCUT2D eigenvalue weighted by molar-refractivity contribution is -0.385. The first-order chi connectivity index (χ1) is 15.3. The van der Waals surface area contributed by atoms with Gasteiger partial charge in [0.05, 0.1) is 27.4 Å². The molecule has 2 aromatic rings. The number of benzene rings is 2. The summed E-state index contributed by atoms with van der Waals surface area (Å²) in [7, 11) is 0. The fraction of sp³-hybridized carbons (Fsp3) is 0.182. The zero-order valence-corrected chi connectivity index (χ0v) is 16.7. The predicted octanol–water partition coefficient (Wildman–Crippen LogP) is 3.81. The number of nitrogens with two attached hydrogens (primary N) is 1. The van der Waals surface area contributed by atoms with E-state index in [2.05, 4.69) is 6.07 Å². The maximum Gasteiger partial charge on any atom is 0.269 e. The minimum atomic E-state index is -0.738. The number of allylic oxidation sites excluding steroid dienone is 3. The van der Waals surface area contributed by atoms with Crippen molar-refractivity contribution in [3.63, 3.8) is 0 Å². The minimum absolute atomic E-state index is 0.0912. The molecule has 0 spiro atoms. The number of nitrogens with zero attached hydrogens (tertiary/aromatic N) is 4. The normalized spacial score (nSPS) is 18.3. The molecule has 2 N–H and O–H groups in total. The molecule has 1 heterocycles. The second-order valence-electron chi connectivity index (χ2n) is 7.44. The molecule has 0 aromatic heterocycles. The summed E-state index contributed by atoms with van der Waals surface area (Å²) < 4.78 is 0. The van der Waals surface area contributed by atoms with Gasteiger partial charge in [0, 0.05) is 47.6 Å². The molecule has 1 aliphatic heterocycles. The van der Waals surface area contributed by atoms with Gasteiger partial charge in [-0.2, -0.15) is 5.26 Å². The smallest absolute Gasteiger partial charge is 0.269 e. The lowest BCUT2D eigenvalue weighted by Crippen LogP contribution is -2.38. The molecule has 0 bridgehead atoms. The minimum Gasteiger partial charge on any atom is -0.384 e. The second kappa shape index (κ2) is 7.96. The van der Waals surface area contributed by atoms with Crippen LogP contribution in [0.25, 0.3) is 0 Å². The highest BCUT2D eigenvalue weighted by atomic mass is 16.6. The van der Waals surface area contributed by atoms with Crippen LogP contribution in [0, 0.1) is 31.6 Å². The van der Waals surface area contributed by atoms with Crippen molar-refractivity contribution in [3.05, 3.63) is 97.0 Å². The summed E-state index contributed by atoms with van der Waals surface area (Å²) in [5.74, 6) is -0.738. The zero-order chi connectivity index (χ0) is 23.0. The van der Waals surface area contributed by atoms with Crippen molar-refractivity contribution < 1.29 is 14.6 Å². The summed E-state index contributed by atoms with van der Waals surface area (Å²) in [6.07, 6.45) is 1.44. The standard InChI is InChI=1S/C22H17N5O5/c23-12-17-20(13-4-6-15(7-5-13)26(29)30)21-18(2-1-3-19(21)28)25(22(17)24)14-8-10-16(11-9-14)27(31)32/h4-11,20H,1-3,24H2/t20-/m1/s1. The van der Waals surface area contributed by atoms with E-state index in [1.807, 2.05) is 0 Å². The van der Waals surface area contributed by atoms with Crippen molar-refractivity contribution in [1.82, 2.24) is 0 Å². The summed E-state index contributed by atoms with van der Waals surface area (Å²) in [6, 6.07) is 13.5. The van der Waals surface area contributed by atoms with Gasteiger partial charge in [0.25, 0.3) is 11.4 Å². The number of nitriles is 1. The van der Waals surface area contributed by atoms with E-state index in [-0.39, 0.29) is 28.6 Å². The van der Waals surface area contributed by atoms with E-state index in [1.54, 1.807) is 4.90 Å². The van der Waals surface area contributed by atoms with E-state index in [4.69, 9.17) is 5.73 Å². The number of ketones is 1.